The Hall–Kier alpha value is -3.88. The van der Waals surface area contributed by atoms with Crippen LogP contribution in [0.4, 0.5) is 0 Å². The van der Waals surface area contributed by atoms with Gasteiger partial charge < -0.3 is 24.1 Å². The van der Waals surface area contributed by atoms with Crippen molar-refractivity contribution >= 4 is 12.0 Å². The van der Waals surface area contributed by atoms with E-state index < -0.39 is 0 Å². The van der Waals surface area contributed by atoms with Crippen molar-refractivity contribution in [2.75, 3.05) is 27.9 Å². The molecule has 1 aromatic carbocycles. The van der Waals surface area contributed by atoms with Crippen LogP contribution in [-0.4, -0.2) is 53.3 Å². The van der Waals surface area contributed by atoms with Gasteiger partial charge in [0.1, 0.15) is 0 Å². The molecule has 1 N–H and O–H groups in total. The van der Waals surface area contributed by atoms with E-state index in [4.69, 9.17) is 14.2 Å². The van der Waals surface area contributed by atoms with Crippen LogP contribution in [0.2, 0.25) is 0 Å². The number of methoxy groups -OCH3 is 3. The number of ether oxygens (including phenoxy) is 3. The molecule has 0 atom stereocenters. The van der Waals surface area contributed by atoms with Crippen LogP contribution in [-0.2, 0) is 11.3 Å². The molecule has 0 saturated carbocycles. The van der Waals surface area contributed by atoms with Gasteiger partial charge in [-0.05, 0) is 29.8 Å². The Morgan fingerprint density at radius 1 is 1.03 bits per heavy atom. The highest BCUT2D eigenvalue weighted by Crippen LogP contribution is 2.38. The number of nitrogens with zero attached hydrogens (tertiary/aromatic N) is 4. The molecule has 0 saturated heterocycles. The summed E-state index contributed by atoms with van der Waals surface area (Å²) in [6.07, 6.45) is 9.96. The largest absolute Gasteiger partial charge is 0.493 e. The van der Waals surface area contributed by atoms with Crippen LogP contribution < -0.4 is 19.5 Å². The lowest BCUT2D eigenvalue weighted by atomic mass is 10.1. The highest BCUT2D eigenvalue weighted by atomic mass is 16.5. The van der Waals surface area contributed by atoms with Gasteiger partial charge in [-0.2, -0.15) is 0 Å². The maximum Gasteiger partial charge on any atom is 0.244 e. The number of aromatic nitrogens is 4. The molecule has 0 spiro atoms. The maximum absolute atomic E-state index is 12.2. The van der Waals surface area contributed by atoms with Crippen molar-refractivity contribution in [3.8, 4) is 28.9 Å². The summed E-state index contributed by atoms with van der Waals surface area (Å²) in [6.45, 7) is 0.964. The van der Waals surface area contributed by atoms with Crippen molar-refractivity contribution in [2.24, 2.45) is 0 Å². The first kappa shape index (κ1) is 20.8. The SMILES string of the molecule is COc1cc(/C=C/C(=O)NCCn2ccnc2-c2ncccn2)cc(OC)c1OC. The van der Waals surface area contributed by atoms with Crippen LogP contribution >= 0.6 is 0 Å². The molecule has 0 aliphatic rings. The van der Waals surface area contributed by atoms with Gasteiger partial charge in [-0.3, -0.25) is 4.79 Å². The highest BCUT2D eigenvalue weighted by Gasteiger charge is 2.12. The Bertz CT molecular complexity index is 992. The Morgan fingerprint density at radius 3 is 2.37 bits per heavy atom. The van der Waals surface area contributed by atoms with Crippen LogP contribution in [0.3, 0.4) is 0 Å². The lowest BCUT2D eigenvalue weighted by Gasteiger charge is -2.12. The highest BCUT2D eigenvalue weighted by molar-refractivity contribution is 5.91. The van der Waals surface area contributed by atoms with Gasteiger partial charge in [0.15, 0.2) is 23.1 Å². The number of benzene rings is 1. The molecule has 0 fully saturated rings. The van der Waals surface area contributed by atoms with Gasteiger partial charge in [0, 0.05) is 44.0 Å². The van der Waals surface area contributed by atoms with Crippen molar-refractivity contribution in [2.45, 2.75) is 6.54 Å². The fourth-order valence-electron chi connectivity index (χ4n) is 2.84. The van der Waals surface area contributed by atoms with E-state index in [1.165, 1.54) is 6.08 Å². The molecule has 0 bridgehead atoms. The topological polar surface area (TPSA) is 100 Å². The van der Waals surface area contributed by atoms with Crippen molar-refractivity contribution < 1.29 is 19.0 Å². The van der Waals surface area contributed by atoms with Gasteiger partial charge in [-0.25, -0.2) is 15.0 Å². The molecule has 1 amide bonds. The average Bonchev–Trinajstić information content (AvgIpc) is 3.26. The number of hydrogen-bond donors (Lipinski definition) is 1. The van der Waals surface area contributed by atoms with E-state index in [1.54, 1.807) is 64.2 Å². The number of hydrogen-bond acceptors (Lipinski definition) is 7. The van der Waals surface area contributed by atoms with Crippen LogP contribution in [0, 0.1) is 0 Å². The summed E-state index contributed by atoms with van der Waals surface area (Å²) in [6, 6.07) is 5.28. The number of imidazole rings is 1. The Labute approximate surface area is 174 Å². The summed E-state index contributed by atoms with van der Waals surface area (Å²) in [5, 5.41) is 2.85. The fourth-order valence-corrected chi connectivity index (χ4v) is 2.84. The minimum absolute atomic E-state index is 0.221. The molecule has 0 aliphatic heterocycles. The molecule has 2 aromatic heterocycles. The smallest absolute Gasteiger partial charge is 0.244 e. The fraction of sp³-hybridized carbons (Fsp3) is 0.238. The Kier molecular flexibility index (Phi) is 6.99. The Balaban J connectivity index is 1.60. The molecule has 156 valence electrons. The third-order valence-corrected chi connectivity index (χ3v) is 4.25. The molecule has 0 unspecified atom stereocenters. The molecule has 0 radical (unpaired) electrons. The van der Waals surface area contributed by atoms with Crippen molar-refractivity contribution in [3.05, 3.63) is 54.6 Å². The number of carbonyl (C=O) groups excluding carboxylic acids is 1. The van der Waals surface area contributed by atoms with E-state index in [0.717, 1.165) is 5.56 Å². The summed E-state index contributed by atoms with van der Waals surface area (Å²) in [5.41, 5.74) is 0.748. The predicted octanol–water partition coefficient (Wildman–Crippen LogP) is 2.20. The number of rotatable bonds is 9. The van der Waals surface area contributed by atoms with E-state index >= 15 is 0 Å². The van der Waals surface area contributed by atoms with Crippen molar-refractivity contribution in [1.82, 2.24) is 24.8 Å². The molecular weight excluding hydrogens is 386 g/mol. The lowest BCUT2D eigenvalue weighted by Crippen LogP contribution is -2.25. The summed E-state index contributed by atoms with van der Waals surface area (Å²) >= 11 is 0. The van der Waals surface area contributed by atoms with Crippen LogP contribution in [0.5, 0.6) is 17.2 Å². The second-order valence-corrected chi connectivity index (χ2v) is 6.10. The summed E-state index contributed by atoms with van der Waals surface area (Å²) in [5.74, 6) is 2.51. The molecule has 2 heterocycles. The number of carbonyl (C=O) groups is 1. The normalized spacial score (nSPS) is 10.8. The quantitative estimate of drug-likeness (QED) is 0.541. The Morgan fingerprint density at radius 2 is 1.73 bits per heavy atom. The molecular formula is C21H23N5O4. The van der Waals surface area contributed by atoms with Gasteiger partial charge >= 0.3 is 0 Å². The molecule has 30 heavy (non-hydrogen) atoms. The third-order valence-electron chi connectivity index (χ3n) is 4.25. The third kappa shape index (κ3) is 4.93. The first-order valence-electron chi connectivity index (χ1n) is 9.20. The van der Waals surface area contributed by atoms with Crippen LogP contribution in [0.1, 0.15) is 5.56 Å². The van der Waals surface area contributed by atoms with Crippen LogP contribution in [0.15, 0.2) is 49.1 Å². The van der Waals surface area contributed by atoms with Crippen molar-refractivity contribution in [1.29, 1.82) is 0 Å². The van der Waals surface area contributed by atoms with Gasteiger partial charge in [0.05, 0.1) is 21.3 Å². The first-order valence-corrected chi connectivity index (χ1v) is 9.20. The number of amides is 1. The van der Waals surface area contributed by atoms with Crippen molar-refractivity contribution in [3.63, 3.8) is 0 Å². The molecule has 9 heteroatoms. The van der Waals surface area contributed by atoms with Gasteiger partial charge in [-0.1, -0.05) is 0 Å². The van der Waals surface area contributed by atoms with E-state index in [0.29, 0.717) is 42.0 Å². The summed E-state index contributed by atoms with van der Waals surface area (Å²) in [7, 11) is 4.63. The second-order valence-electron chi connectivity index (χ2n) is 6.10. The molecule has 0 aliphatic carbocycles. The molecule has 3 aromatic rings. The minimum Gasteiger partial charge on any atom is -0.493 e. The lowest BCUT2D eigenvalue weighted by molar-refractivity contribution is -0.116. The van der Waals surface area contributed by atoms with E-state index in [1.807, 2.05) is 10.8 Å². The molecule has 3 rings (SSSR count). The van der Waals surface area contributed by atoms with Gasteiger partial charge in [-0.15, -0.1) is 0 Å². The van der Waals surface area contributed by atoms with E-state index in [-0.39, 0.29) is 5.91 Å². The van der Waals surface area contributed by atoms with E-state index in [2.05, 4.69) is 20.3 Å². The minimum atomic E-state index is -0.221. The van der Waals surface area contributed by atoms with E-state index in [9.17, 15) is 4.79 Å². The zero-order chi connectivity index (χ0) is 21.3. The molecule has 9 nitrogen and oxygen atoms in total. The maximum atomic E-state index is 12.2. The predicted molar refractivity (Wildman–Crippen MR) is 111 cm³/mol. The standard InChI is InChI=1S/C21H23N5O4/c1-28-16-13-15(14-17(29-2)19(16)30-3)5-6-18(27)22-9-11-26-12-10-25-21(26)20-23-7-4-8-24-20/h4-8,10,12-14H,9,11H2,1-3H3,(H,22,27)/b6-5+. The second kappa shape index (κ2) is 10.1. The monoisotopic (exact) mass is 409 g/mol. The zero-order valence-electron chi connectivity index (χ0n) is 17.0. The zero-order valence-corrected chi connectivity index (χ0v) is 17.0. The van der Waals surface area contributed by atoms with Gasteiger partial charge in [0.2, 0.25) is 11.7 Å². The average molecular weight is 409 g/mol. The summed E-state index contributed by atoms with van der Waals surface area (Å²) < 4.78 is 17.8. The summed E-state index contributed by atoms with van der Waals surface area (Å²) in [4.78, 5) is 24.9. The number of nitrogens with one attached hydrogen (secondary N) is 1. The van der Waals surface area contributed by atoms with Gasteiger partial charge in [0.25, 0.3) is 0 Å². The van der Waals surface area contributed by atoms with Crippen LogP contribution in [0.25, 0.3) is 17.7 Å². The first-order chi connectivity index (χ1) is 14.7.